The first-order chi connectivity index (χ1) is 12.7. The number of ether oxygens (including phenoxy) is 3. The van der Waals surface area contributed by atoms with Crippen molar-refractivity contribution >= 4 is 0 Å². The molecule has 0 spiro atoms. The van der Waals surface area contributed by atoms with Crippen LogP contribution in [0.2, 0.25) is 0 Å². The number of benzene rings is 2. The number of fused-ring (bicyclic) bond motifs is 1. The van der Waals surface area contributed by atoms with E-state index in [1.54, 1.807) is 31.4 Å². The highest BCUT2D eigenvalue weighted by Gasteiger charge is 2.18. The van der Waals surface area contributed by atoms with Crippen molar-refractivity contribution in [2.24, 2.45) is 0 Å². The molecule has 128 valence electrons. The Morgan fingerprint density at radius 1 is 1.08 bits per heavy atom. The third-order valence-corrected chi connectivity index (χ3v) is 4.23. The third-order valence-electron chi connectivity index (χ3n) is 4.23. The highest BCUT2D eigenvalue weighted by molar-refractivity contribution is 5.79. The van der Waals surface area contributed by atoms with E-state index < -0.39 is 5.56 Å². The predicted molar refractivity (Wildman–Crippen MR) is 95.3 cm³/mol. The van der Waals surface area contributed by atoms with E-state index in [2.05, 4.69) is 4.98 Å². The lowest BCUT2D eigenvalue weighted by Crippen LogP contribution is -2.13. The summed E-state index contributed by atoms with van der Waals surface area (Å²) < 4.78 is 16.1. The van der Waals surface area contributed by atoms with Gasteiger partial charge in [0.05, 0.1) is 7.11 Å². The minimum atomic E-state index is -0.455. The van der Waals surface area contributed by atoms with Crippen LogP contribution in [0.25, 0.3) is 22.4 Å². The molecule has 2 heterocycles. The Hall–Kier alpha value is -3.72. The normalized spacial score (nSPS) is 11.8. The van der Waals surface area contributed by atoms with Gasteiger partial charge in [0.1, 0.15) is 17.4 Å². The molecule has 1 aromatic heterocycles. The highest BCUT2D eigenvalue weighted by atomic mass is 16.7. The van der Waals surface area contributed by atoms with Crippen molar-refractivity contribution in [3.8, 4) is 45.7 Å². The Kier molecular flexibility index (Phi) is 3.82. The van der Waals surface area contributed by atoms with Gasteiger partial charge in [0.25, 0.3) is 5.56 Å². The summed E-state index contributed by atoms with van der Waals surface area (Å²) in [7, 11) is 1.55. The molecule has 6 heteroatoms. The predicted octanol–water partition coefficient (Wildman–Crippen LogP) is 3.32. The lowest BCUT2D eigenvalue weighted by atomic mass is 9.98. The van der Waals surface area contributed by atoms with Crippen LogP contribution in [0, 0.1) is 11.3 Å². The molecule has 6 nitrogen and oxygen atoms in total. The van der Waals surface area contributed by atoms with E-state index in [0.717, 1.165) is 5.56 Å². The zero-order chi connectivity index (χ0) is 18.1. The maximum absolute atomic E-state index is 12.5. The number of rotatable bonds is 3. The van der Waals surface area contributed by atoms with Gasteiger partial charge >= 0.3 is 0 Å². The Labute approximate surface area is 149 Å². The van der Waals surface area contributed by atoms with Crippen molar-refractivity contribution in [2.45, 2.75) is 0 Å². The number of nitrogens with zero attached hydrogens (tertiary/aromatic N) is 1. The third kappa shape index (κ3) is 2.56. The van der Waals surface area contributed by atoms with Crippen LogP contribution in [0.4, 0.5) is 0 Å². The molecule has 2 aromatic carbocycles. The second-order valence-electron chi connectivity index (χ2n) is 5.68. The summed E-state index contributed by atoms with van der Waals surface area (Å²) >= 11 is 0. The van der Waals surface area contributed by atoms with Crippen molar-refractivity contribution in [1.82, 2.24) is 4.98 Å². The van der Waals surface area contributed by atoms with Gasteiger partial charge < -0.3 is 19.2 Å². The van der Waals surface area contributed by atoms with Gasteiger partial charge in [0.15, 0.2) is 11.5 Å². The summed E-state index contributed by atoms with van der Waals surface area (Å²) in [5.41, 5.74) is 2.11. The minimum absolute atomic E-state index is 0.0407. The average Bonchev–Trinajstić information content (AvgIpc) is 3.15. The van der Waals surface area contributed by atoms with Gasteiger partial charge in [-0.05, 0) is 30.3 Å². The maximum Gasteiger partial charge on any atom is 0.266 e. The fraction of sp³-hybridized carbons (Fsp3) is 0.100. The van der Waals surface area contributed by atoms with E-state index in [9.17, 15) is 10.1 Å². The number of aromatic nitrogens is 1. The molecule has 1 N–H and O–H groups in total. The highest BCUT2D eigenvalue weighted by Crippen LogP contribution is 2.37. The number of H-pyrrole nitrogens is 1. The van der Waals surface area contributed by atoms with Gasteiger partial charge in [0, 0.05) is 22.4 Å². The Bertz CT molecular complexity index is 1100. The van der Waals surface area contributed by atoms with Crippen LogP contribution in [0.3, 0.4) is 0 Å². The molecule has 0 bridgehead atoms. The molecule has 4 rings (SSSR count). The molecule has 0 unspecified atom stereocenters. The first-order valence-corrected chi connectivity index (χ1v) is 7.92. The smallest absolute Gasteiger partial charge is 0.266 e. The van der Waals surface area contributed by atoms with E-state index in [-0.39, 0.29) is 12.4 Å². The van der Waals surface area contributed by atoms with Crippen LogP contribution in [-0.2, 0) is 0 Å². The van der Waals surface area contributed by atoms with Gasteiger partial charge in [0.2, 0.25) is 6.79 Å². The zero-order valence-electron chi connectivity index (χ0n) is 13.9. The second kappa shape index (κ2) is 6.30. The van der Waals surface area contributed by atoms with Crippen molar-refractivity contribution in [3.63, 3.8) is 0 Å². The van der Waals surface area contributed by atoms with E-state index in [0.29, 0.717) is 34.1 Å². The monoisotopic (exact) mass is 346 g/mol. The lowest BCUT2D eigenvalue weighted by molar-refractivity contribution is 0.174. The Balaban J connectivity index is 1.93. The largest absolute Gasteiger partial charge is 0.496 e. The van der Waals surface area contributed by atoms with Gasteiger partial charge in [-0.25, -0.2) is 0 Å². The van der Waals surface area contributed by atoms with E-state index >= 15 is 0 Å². The molecule has 0 radical (unpaired) electrons. The molecule has 3 aromatic rings. The minimum Gasteiger partial charge on any atom is -0.496 e. The Morgan fingerprint density at radius 2 is 1.88 bits per heavy atom. The zero-order valence-corrected chi connectivity index (χ0v) is 13.9. The van der Waals surface area contributed by atoms with Gasteiger partial charge in [-0.3, -0.25) is 4.79 Å². The molecular formula is C20H14N2O4. The molecule has 0 saturated carbocycles. The summed E-state index contributed by atoms with van der Waals surface area (Å²) in [5.74, 6) is 1.87. The first-order valence-electron chi connectivity index (χ1n) is 7.92. The van der Waals surface area contributed by atoms with Crippen LogP contribution < -0.4 is 19.8 Å². The topological polar surface area (TPSA) is 84.3 Å². The van der Waals surface area contributed by atoms with Crippen molar-refractivity contribution in [1.29, 1.82) is 5.26 Å². The maximum atomic E-state index is 12.5. The van der Waals surface area contributed by atoms with Crippen molar-refractivity contribution in [3.05, 3.63) is 64.4 Å². The summed E-state index contributed by atoms with van der Waals surface area (Å²) in [6.07, 6.45) is 0. The molecule has 26 heavy (non-hydrogen) atoms. The molecule has 0 amide bonds. The summed E-state index contributed by atoms with van der Waals surface area (Å²) in [5, 5.41) is 9.47. The number of aromatic amines is 1. The fourth-order valence-electron chi connectivity index (χ4n) is 2.97. The molecule has 0 saturated heterocycles. The van der Waals surface area contributed by atoms with Crippen LogP contribution in [0.15, 0.2) is 53.3 Å². The Morgan fingerprint density at radius 3 is 2.69 bits per heavy atom. The van der Waals surface area contributed by atoms with Gasteiger partial charge in [-0.2, -0.15) is 5.26 Å². The van der Waals surface area contributed by atoms with E-state index in [1.807, 2.05) is 30.3 Å². The number of hydrogen-bond donors (Lipinski definition) is 1. The second-order valence-corrected chi connectivity index (χ2v) is 5.68. The number of methoxy groups -OCH3 is 1. The molecule has 1 aliphatic rings. The van der Waals surface area contributed by atoms with Crippen LogP contribution in [0.1, 0.15) is 5.56 Å². The number of hydrogen-bond acceptors (Lipinski definition) is 5. The van der Waals surface area contributed by atoms with Crippen molar-refractivity contribution < 1.29 is 14.2 Å². The summed E-state index contributed by atoms with van der Waals surface area (Å²) in [4.78, 5) is 15.3. The van der Waals surface area contributed by atoms with E-state index in [1.165, 1.54) is 0 Å². The SMILES string of the molecule is COc1ccccc1-c1cc(-c2ccc3c(c2)OCO3)[nH]c(=O)c1C#N. The molecule has 0 aliphatic carbocycles. The number of nitriles is 1. The van der Waals surface area contributed by atoms with Gasteiger partial charge in [-0.1, -0.05) is 18.2 Å². The number of pyridine rings is 1. The molecular weight excluding hydrogens is 332 g/mol. The molecule has 0 atom stereocenters. The first kappa shape index (κ1) is 15.8. The van der Waals surface area contributed by atoms with E-state index in [4.69, 9.17) is 14.2 Å². The van der Waals surface area contributed by atoms with Gasteiger partial charge in [-0.15, -0.1) is 0 Å². The fourth-order valence-corrected chi connectivity index (χ4v) is 2.97. The summed E-state index contributed by atoms with van der Waals surface area (Å²) in [6.45, 7) is 0.176. The quantitative estimate of drug-likeness (QED) is 0.786. The standard InChI is InChI=1S/C20H14N2O4/c1-24-17-5-3-2-4-13(17)14-9-16(22-20(23)15(14)10-21)12-6-7-18-19(8-12)26-11-25-18/h2-9H,11H2,1H3,(H,22,23). The summed E-state index contributed by atoms with van der Waals surface area (Å²) in [6, 6.07) is 16.5. The van der Waals surface area contributed by atoms with Crippen molar-refractivity contribution in [2.75, 3.05) is 13.9 Å². The average molecular weight is 346 g/mol. The number of para-hydroxylation sites is 1. The van der Waals surface area contributed by atoms with Crippen LogP contribution in [-0.4, -0.2) is 18.9 Å². The lowest BCUT2D eigenvalue weighted by Gasteiger charge is -2.11. The molecule has 0 fully saturated rings. The van der Waals surface area contributed by atoms with Crippen LogP contribution in [0.5, 0.6) is 17.2 Å². The van der Waals surface area contributed by atoms with Crippen LogP contribution >= 0.6 is 0 Å². The number of nitrogens with one attached hydrogen (secondary N) is 1. The molecule has 1 aliphatic heterocycles.